The molecule has 1 aliphatic rings. The largest absolute Gasteiger partial charge is 0.341 e. The van der Waals surface area contributed by atoms with E-state index < -0.39 is 0 Å². The van der Waals surface area contributed by atoms with E-state index in [-0.39, 0.29) is 0 Å². The molecule has 0 unspecified atom stereocenters. The standard InChI is InChI=1S/C19H22N2S/c1-15(17-9-5-3-6-10-17)20-13-14-21(19(20)22)16(2)18-11-7-4-8-12-18/h3-12,15-16H,13-14H2,1-2H3/t15-,16+. The summed E-state index contributed by atoms with van der Waals surface area (Å²) in [5, 5.41) is 0.965. The molecule has 22 heavy (non-hydrogen) atoms. The molecular weight excluding hydrogens is 288 g/mol. The highest BCUT2D eigenvalue weighted by molar-refractivity contribution is 7.80. The van der Waals surface area contributed by atoms with Crippen LogP contribution in [-0.4, -0.2) is 28.0 Å². The minimum Gasteiger partial charge on any atom is -0.341 e. The number of nitrogens with zero attached hydrogens (tertiary/aromatic N) is 2. The van der Waals surface area contributed by atoms with E-state index >= 15 is 0 Å². The van der Waals surface area contributed by atoms with Crippen LogP contribution in [0.15, 0.2) is 60.7 Å². The van der Waals surface area contributed by atoms with Crippen LogP contribution in [0.2, 0.25) is 0 Å². The lowest BCUT2D eigenvalue weighted by atomic mass is 10.1. The first-order valence-electron chi connectivity index (χ1n) is 7.85. The lowest BCUT2D eigenvalue weighted by molar-refractivity contribution is 0.373. The maximum absolute atomic E-state index is 5.77. The Bertz CT molecular complexity index is 571. The molecule has 0 radical (unpaired) electrons. The minimum absolute atomic E-state index is 0.321. The van der Waals surface area contributed by atoms with Crippen LogP contribution in [0.4, 0.5) is 0 Å². The number of rotatable bonds is 4. The maximum atomic E-state index is 5.77. The summed E-state index contributed by atoms with van der Waals surface area (Å²) in [7, 11) is 0. The van der Waals surface area contributed by atoms with Gasteiger partial charge in [-0.15, -0.1) is 0 Å². The third-order valence-electron chi connectivity index (χ3n) is 4.57. The second-order valence-corrected chi connectivity index (χ2v) is 6.21. The highest BCUT2D eigenvalue weighted by Crippen LogP contribution is 2.30. The highest BCUT2D eigenvalue weighted by atomic mass is 32.1. The molecule has 3 heteroatoms. The Hall–Kier alpha value is -1.87. The van der Waals surface area contributed by atoms with Crippen molar-refractivity contribution in [1.82, 2.24) is 9.80 Å². The molecule has 0 bridgehead atoms. The Balaban J connectivity index is 1.75. The molecule has 1 saturated heterocycles. The zero-order valence-electron chi connectivity index (χ0n) is 13.1. The van der Waals surface area contributed by atoms with Gasteiger partial charge >= 0.3 is 0 Å². The second-order valence-electron chi connectivity index (χ2n) is 5.84. The van der Waals surface area contributed by atoms with E-state index in [2.05, 4.69) is 84.3 Å². The van der Waals surface area contributed by atoms with Gasteiger partial charge in [-0.05, 0) is 37.2 Å². The molecule has 1 fully saturated rings. The second kappa shape index (κ2) is 6.49. The first kappa shape index (κ1) is 15.0. The summed E-state index contributed by atoms with van der Waals surface area (Å²) >= 11 is 5.77. The predicted molar refractivity (Wildman–Crippen MR) is 95.7 cm³/mol. The van der Waals surface area contributed by atoms with Gasteiger partial charge in [-0.1, -0.05) is 60.7 Å². The zero-order chi connectivity index (χ0) is 15.5. The van der Waals surface area contributed by atoms with Gasteiger partial charge in [0.2, 0.25) is 0 Å². The summed E-state index contributed by atoms with van der Waals surface area (Å²) in [5.74, 6) is 0. The Morgan fingerprint density at radius 3 is 1.45 bits per heavy atom. The monoisotopic (exact) mass is 310 g/mol. The lowest BCUT2D eigenvalue weighted by Crippen LogP contribution is -2.34. The van der Waals surface area contributed by atoms with E-state index in [1.165, 1.54) is 11.1 Å². The normalized spacial score (nSPS) is 17.6. The fourth-order valence-corrected chi connectivity index (χ4v) is 3.61. The molecular formula is C19H22N2S. The van der Waals surface area contributed by atoms with Crippen LogP contribution in [0.25, 0.3) is 0 Å². The summed E-state index contributed by atoms with van der Waals surface area (Å²) in [6, 6.07) is 21.8. The fourth-order valence-electron chi connectivity index (χ4n) is 3.11. The number of benzene rings is 2. The van der Waals surface area contributed by atoms with Gasteiger partial charge in [0.15, 0.2) is 5.11 Å². The van der Waals surface area contributed by atoms with Crippen molar-refractivity contribution in [2.75, 3.05) is 13.1 Å². The Morgan fingerprint density at radius 1 is 0.727 bits per heavy atom. The third kappa shape index (κ3) is 2.86. The van der Waals surface area contributed by atoms with Crippen LogP contribution in [0, 0.1) is 0 Å². The third-order valence-corrected chi connectivity index (χ3v) is 5.04. The van der Waals surface area contributed by atoms with Crippen molar-refractivity contribution < 1.29 is 0 Å². The van der Waals surface area contributed by atoms with E-state index in [0.717, 1.165) is 18.2 Å². The average molecular weight is 310 g/mol. The van der Waals surface area contributed by atoms with Crippen LogP contribution >= 0.6 is 12.2 Å². The summed E-state index contributed by atoms with van der Waals surface area (Å²) in [6.45, 7) is 6.45. The number of thiocarbonyl (C=S) groups is 1. The van der Waals surface area contributed by atoms with E-state index in [4.69, 9.17) is 12.2 Å². The average Bonchev–Trinajstić information content (AvgIpc) is 2.96. The van der Waals surface area contributed by atoms with Crippen LogP contribution in [0.5, 0.6) is 0 Å². The van der Waals surface area contributed by atoms with Crippen molar-refractivity contribution in [2.45, 2.75) is 25.9 Å². The molecule has 0 aromatic heterocycles. The SMILES string of the molecule is C[C@H](c1ccccc1)N1CCN([C@@H](C)c2ccccc2)C1=S. The molecule has 2 nitrogen and oxygen atoms in total. The van der Waals surface area contributed by atoms with Crippen LogP contribution in [-0.2, 0) is 0 Å². The first-order chi connectivity index (χ1) is 10.7. The molecule has 0 saturated carbocycles. The molecule has 3 rings (SSSR count). The van der Waals surface area contributed by atoms with Crippen molar-refractivity contribution >= 4 is 17.3 Å². The minimum atomic E-state index is 0.321. The molecule has 1 aliphatic heterocycles. The smallest absolute Gasteiger partial charge is 0.172 e. The fraction of sp³-hybridized carbons (Fsp3) is 0.316. The van der Waals surface area contributed by atoms with Crippen molar-refractivity contribution in [3.8, 4) is 0 Å². The predicted octanol–water partition coefficient (Wildman–Crippen LogP) is 4.41. The number of hydrogen-bond acceptors (Lipinski definition) is 1. The van der Waals surface area contributed by atoms with Crippen molar-refractivity contribution in [2.24, 2.45) is 0 Å². The molecule has 0 aliphatic carbocycles. The molecule has 1 heterocycles. The molecule has 2 aromatic rings. The van der Waals surface area contributed by atoms with Crippen LogP contribution < -0.4 is 0 Å². The highest BCUT2D eigenvalue weighted by Gasteiger charge is 2.32. The first-order valence-corrected chi connectivity index (χ1v) is 8.26. The summed E-state index contributed by atoms with van der Waals surface area (Å²) in [6.07, 6.45) is 0. The van der Waals surface area contributed by atoms with E-state index in [9.17, 15) is 0 Å². The maximum Gasteiger partial charge on any atom is 0.172 e. The Morgan fingerprint density at radius 2 is 1.09 bits per heavy atom. The van der Waals surface area contributed by atoms with E-state index in [0.29, 0.717) is 12.1 Å². The molecule has 0 amide bonds. The van der Waals surface area contributed by atoms with Crippen molar-refractivity contribution in [3.05, 3.63) is 71.8 Å². The van der Waals surface area contributed by atoms with E-state index in [1.54, 1.807) is 0 Å². The molecule has 0 spiro atoms. The van der Waals surface area contributed by atoms with Gasteiger partial charge in [-0.2, -0.15) is 0 Å². The van der Waals surface area contributed by atoms with Gasteiger partial charge in [-0.25, -0.2) is 0 Å². The van der Waals surface area contributed by atoms with Crippen LogP contribution in [0.1, 0.15) is 37.1 Å². The van der Waals surface area contributed by atoms with Gasteiger partial charge < -0.3 is 9.80 Å². The van der Waals surface area contributed by atoms with Gasteiger partial charge in [0.05, 0.1) is 12.1 Å². The molecule has 2 aromatic carbocycles. The topological polar surface area (TPSA) is 6.48 Å². The van der Waals surface area contributed by atoms with E-state index in [1.807, 2.05) is 0 Å². The Kier molecular flexibility index (Phi) is 4.44. The summed E-state index contributed by atoms with van der Waals surface area (Å²) < 4.78 is 0. The zero-order valence-corrected chi connectivity index (χ0v) is 14.0. The van der Waals surface area contributed by atoms with Crippen molar-refractivity contribution in [3.63, 3.8) is 0 Å². The summed E-state index contributed by atoms with van der Waals surface area (Å²) in [4.78, 5) is 4.67. The molecule has 114 valence electrons. The van der Waals surface area contributed by atoms with Gasteiger partial charge in [0, 0.05) is 13.1 Å². The van der Waals surface area contributed by atoms with Gasteiger partial charge in [0.1, 0.15) is 0 Å². The quantitative estimate of drug-likeness (QED) is 0.772. The van der Waals surface area contributed by atoms with Gasteiger partial charge in [-0.3, -0.25) is 0 Å². The molecule has 0 N–H and O–H groups in total. The molecule has 2 atom stereocenters. The van der Waals surface area contributed by atoms with Crippen LogP contribution in [0.3, 0.4) is 0 Å². The van der Waals surface area contributed by atoms with Gasteiger partial charge in [0.25, 0.3) is 0 Å². The van der Waals surface area contributed by atoms with Crippen molar-refractivity contribution in [1.29, 1.82) is 0 Å². The number of hydrogen-bond donors (Lipinski definition) is 0. The Labute approximate surface area is 138 Å². The summed E-state index contributed by atoms with van der Waals surface area (Å²) in [5.41, 5.74) is 2.64. The lowest BCUT2D eigenvalue weighted by Gasteiger charge is -2.31.